The van der Waals surface area contributed by atoms with E-state index in [1.54, 1.807) is 19.1 Å². The molecular formula is C18H23FN2O3S. The molecule has 1 amide bonds. The van der Waals surface area contributed by atoms with Crippen LogP contribution in [-0.4, -0.2) is 41.5 Å². The Morgan fingerprint density at radius 2 is 2.12 bits per heavy atom. The van der Waals surface area contributed by atoms with Crippen molar-refractivity contribution in [2.24, 2.45) is 0 Å². The number of nitrogens with one attached hydrogen (secondary N) is 1. The molecule has 1 saturated carbocycles. The fourth-order valence-corrected chi connectivity index (χ4v) is 3.58. The Hall–Kier alpha value is -1.73. The van der Waals surface area contributed by atoms with Crippen LogP contribution in [0.3, 0.4) is 0 Å². The minimum atomic E-state index is -0.471. The average molecular weight is 366 g/mol. The molecule has 1 unspecified atom stereocenters. The molecule has 5 nitrogen and oxygen atoms in total. The highest BCUT2D eigenvalue weighted by atomic mass is 32.1. The first-order valence-corrected chi connectivity index (χ1v) is 9.05. The summed E-state index contributed by atoms with van der Waals surface area (Å²) in [5, 5.41) is 12.6. The Kier molecular flexibility index (Phi) is 5.54. The van der Waals surface area contributed by atoms with Crippen LogP contribution in [0.2, 0.25) is 0 Å². The lowest BCUT2D eigenvalue weighted by Crippen LogP contribution is -2.32. The van der Waals surface area contributed by atoms with E-state index in [4.69, 9.17) is 17.0 Å². The van der Waals surface area contributed by atoms with Crippen LogP contribution < -0.4 is 10.2 Å². The molecule has 1 aliphatic carbocycles. The van der Waals surface area contributed by atoms with E-state index in [0.29, 0.717) is 42.2 Å². The van der Waals surface area contributed by atoms with Gasteiger partial charge in [-0.1, -0.05) is 18.3 Å². The first kappa shape index (κ1) is 18.1. The number of carbonyl (C=O) groups excluding carboxylic acids is 1. The number of rotatable bonds is 4. The van der Waals surface area contributed by atoms with E-state index < -0.39 is 6.09 Å². The molecular weight excluding hydrogens is 343 g/mol. The summed E-state index contributed by atoms with van der Waals surface area (Å²) < 4.78 is 19.9. The van der Waals surface area contributed by atoms with Crippen LogP contribution in [-0.2, 0) is 4.74 Å². The number of nitrogens with zero attached hydrogens (tertiary/aromatic N) is 1. The molecule has 2 aliphatic rings. The second-order valence-corrected chi connectivity index (χ2v) is 7.38. The number of carbonyl (C=O) groups is 1. The standard InChI is InChI=1S/C18H23FN2O3S/c1-11(25)20-9-15-10-21(18(23)24-15)13-4-7-16(17(19)8-13)12-2-5-14(22)6-3-12/h4,7-8,12,14-15,22H,2-3,5-6,9-10H2,1H3,(H,20,25). The number of aliphatic hydroxyl groups excluding tert-OH is 1. The molecule has 2 fully saturated rings. The minimum Gasteiger partial charge on any atom is -0.442 e. The topological polar surface area (TPSA) is 61.8 Å². The van der Waals surface area contributed by atoms with Crippen LogP contribution in [0.1, 0.15) is 44.1 Å². The van der Waals surface area contributed by atoms with E-state index in [0.717, 1.165) is 12.8 Å². The number of thiocarbonyl (C=S) groups is 1. The highest BCUT2D eigenvalue weighted by Crippen LogP contribution is 2.35. The molecule has 25 heavy (non-hydrogen) atoms. The maximum absolute atomic E-state index is 14.6. The number of hydrogen-bond acceptors (Lipinski definition) is 4. The van der Waals surface area contributed by atoms with Crippen LogP contribution in [0.25, 0.3) is 0 Å². The van der Waals surface area contributed by atoms with Crippen molar-refractivity contribution < 1.29 is 19.0 Å². The van der Waals surface area contributed by atoms with E-state index in [1.807, 2.05) is 0 Å². The predicted molar refractivity (Wildman–Crippen MR) is 97.5 cm³/mol. The molecule has 1 aromatic rings. The first-order valence-electron chi connectivity index (χ1n) is 8.64. The number of hydrogen-bond donors (Lipinski definition) is 2. The lowest BCUT2D eigenvalue weighted by molar-refractivity contribution is 0.122. The molecule has 1 atom stereocenters. The molecule has 3 rings (SSSR count). The molecule has 7 heteroatoms. The van der Waals surface area contributed by atoms with Crippen LogP contribution in [0, 0.1) is 5.82 Å². The van der Waals surface area contributed by atoms with Crippen LogP contribution >= 0.6 is 12.2 Å². The number of ether oxygens (including phenoxy) is 1. The van der Waals surface area contributed by atoms with E-state index in [-0.39, 0.29) is 23.9 Å². The Morgan fingerprint density at radius 3 is 2.76 bits per heavy atom. The zero-order valence-electron chi connectivity index (χ0n) is 14.2. The number of anilines is 1. The third-order valence-electron chi connectivity index (χ3n) is 4.88. The van der Waals surface area contributed by atoms with Gasteiger partial charge in [0.05, 0.1) is 29.9 Å². The van der Waals surface area contributed by atoms with Gasteiger partial charge in [0.25, 0.3) is 0 Å². The number of cyclic esters (lactones) is 1. The highest BCUT2D eigenvalue weighted by molar-refractivity contribution is 7.80. The highest BCUT2D eigenvalue weighted by Gasteiger charge is 2.33. The van der Waals surface area contributed by atoms with Gasteiger partial charge in [-0.15, -0.1) is 0 Å². The third kappa shape index (κ3) is 4.27. The summed E-state index contributed by atoms with van der Waals surface area (Å²) in [5.41, 5.74) is 1.17. The summed E-state index contributed by atoms with van der Waals surface area (Å²) in [6.45, 7) is 2.58. The van der Waals surface area contributed by atoms with Gasteiger partial charge in [-0.3, -0.25) is 4.90 Å². The minimum absolute atomic E-state index is 0.130. The summed E-state index contributed by atoms with van der Waals surface area (Å²) in [5.74, 6) is -0.173. The van der Waals surface area contributed by atoms with Gasteiger partial charge in [-0.2, -0.15) is 0 Å². The van der Waals surface area contributed by atoms with Crippen LogP contribution in [0.5, 0.6) is 0 Å². The van der Waals surface area contributed by atoms with Crippen molar-refractivity contribution in [2.45, 2.75) is 50.7 Å². The smallest absolute Gasteiger partial charge is 0.414 e. The quantitative estimate of drug-likeness (QED) is 0.802. The van der Waals surface area contributed by atoms with Gasteiger partial charge in [0.2, 0.25) is 0 Å². The van der Waals surface area contributed by atoms with Crippen molar-refractivity contribution >= 4 is 29.0 Å². The molecule has 1 aliphatic heterocycles. The fourth-order valence-electron chi connectivity index (χ4n) is 3.50. The van der Waals surface area contributed by atoms with E-state index in [1.165, 1.54) is 11.0 Å². The summed E-state index contributed by atoms with van der Waals surface area (Å²) in [6, 6.07) is 4.93. The summed E-state index contributed by atoms with van der Waals surface area (Å²) in [7, 11) is 0. The fraction of sp³-hybridized carbons (Fsp3) is 0.556. The van der Waals surface area contributed by atoms with Gasteiger partial charge in [-0.25, -0.2) is 9.18 Å². The van der Waals surface area contributed by atoms with E-state index in [9.17, 15) is 14.3 Å². The number of halogens is 1. The third-order valence-corrected chi connectivity index (χ3v) is 5.03. The van der Waals surface area contributed by atoms with Crippen LogP contribution in [0.15, 0.2) is 18.2 Å². The monoisotopic (exact) mass is 366 g/mol. The molecule has 0 bridgehead atoms. The van der Waals surface area contributed by atoms with Crippen molar-refractivity contribution in [2.75, 3.05) is 18.0 Å². The zero-order valence-corrected chi connectivity index (χ0v) is 15.0. The van der Waals surface area contributed by atoms with Crippen molar-refractivity contribution in [3.63, 3.8) is 0 Å². The normalized spacial score (nSPS) is 26.4. The van der Waals surface area contributed by atoms with Gasteiger partial charge < -0.3 is 15.2 Å². The molecule has 1 heterocycles. The van der Waals surface area contributed by atoms with Gasteiger partial charge in [0.15, 0.2) is 0 Å². The van der Waals surface area contributed by atoms with Gasteiger partial charge in [-0.05, 0) is 56.2 Å². The second-order valence-electron chi connectivity index (χ2n) is 6.76. The lowest BCUT2D eigenvalue weighted by Gasteiger charge is -2.26. The molecule has 136 valence electrons. The van der Waals surface area contributed by atoms with Gasteiger partial charge >= 0.3 is 6.09 Å². The van der Waals surface area contributed by atoms with Crippen LogP contribution in [0.4, 0.5) is 14.9 Å². The second kappa shape index (κ2) is 7.66. The Bertz CT molecular complexity index is 662. The maximum atomic E-state index is 14.6. The van der Waals surface area contributed by atoms with Crippen molar-refractivity contribution in [3.8, 4) is 0 Å². The Balaban J connectivity index is 1.68. The SMILES string of the molecule is CC(=S)NCC1CN(c2ccc(C3CCC(O)CC3)c(F)c2)C(=O)O1. The zero-order chi connectivity index (χ0) is 18.0. The van der Waals surface area contributed by atoms with E-state index >= 15 is 0 Å². The summed E-state index contributed by atoms with van der Waals surface area (Å²) >= 11 is 4.95. The number of aliphatic hydroxyl groups is 1. The van der Waals surface area contributed by atoms with E-state index in [2.05, 4.69) is 5.32 Å². The largest absolute Gasteiger partial charge is 0.442 e. The number of benzene rings is 1. The van der Waals surface area contributed by atoms with Gasteiger partial charge in [0, 0.05) is 0 Å². The summed E-state index contributed by atoms with van der Waals surface area (Å²) in [6.07, 6.45) is 1.94. The van der Waals surface area contributed by atoms with Crippen molar-refractivity contribution in [3.05, 3.63) is 29.6 Å². The first-order chi connectivity index (χ1) is 11.9. The molecule has 0 spiro atoms. The Labute approximate surface area is 152 Å². The lowest BCUT2D eigenvalue weighted by atomic mass is 9.82. The molecule has 2 N–H and O–H groups in total. The molecule has 1 saturated heterocycles. The number of amides is 1. The predicted octanol–water partition coefficient (Wildman–Crippen LogP) is 3.11. The molecule has 0 radical (unpaired) electrons. The Morgan fingerprint density at radius 1 is 1.40 bits per heavy atom. The van der Waals surface area contributed by atoms with Crippen molar-refractivity contribution in [1.82, 2.24) is 5.32 Å². The van der Waals surface area contributed by atoms with Crippen molar-refractivity contribution in [1.29, 1.82) is 0 Å². The maximum Gasteiger partial charge on any atom is 0.414 e. The molecule has 0 aromatic heterocycles. The summed E-state index contributed by atoms with van der Waals surface area (Å²) in [4.78, 5) is 14.1. The molecule has 1 aromatic carbocycles. The van der Waals surface area contributed by atoms with Gasteiger partial charge in [0.1, 0.15) is 11.9 Å². The average Bonchev–Trinajstić information content (AvgIpc) is 2.95.